The van der Waals surface area contributed by atoms with Gasteiger partial charge in [0.25, 0.3) is 5.56 Å². The van der Waals surface area contributed by atoms with E-state index in [4.69, 9.17) is 20.8 Å². The van der Waals surface area contributed by atoms with Crippen LogP contribution >= 0.6 is 22.9 Å². The summed E-state index contributed by atoms with van der Waals surface area (Å²) in [6.45, 7) is 7.95. The second-order valence-electron chi connectivity index (χ2n) is 9.20. The van der Waals surface area contributed by atoms with Gasteiger partial charge in [0.15, 0.2) is 10.7 Å². The first kappa shape index (κ1) is 24.6. The van der Waals surface area contributed by atoms with Gasteiger partial charge in [0.1, 0.15) is 5.76 Å². The van der Waals surface area contributed by atoms with Gasteiger partial charge in [-0.15, -0.1) is 0 Å². The second kappa shape index (κ2) is 10.1. The van der Waals surface area contributed by atoms with Gasteiger partial charge in [0.2, 0.25) is 0 Å². The summed E-state index contributed by atoms with van der Waals surface area (Å²) in [6, 6.07) is 10.3. The van der Waals surface area contributed by atoms with Crippen molar-refractivity contribution in [3.05, 3.63) is 83.7 Å². The Labute approximate surface area is 218 Å². The fourth-order valence-electron chi connectivity index (χ4n) is 4.70. The lowest BCUT2D eigenvalue weighted by atomic mass is 9.96. The van der Waals surface area contributed by atoms with Crippen LogP contribution in [-0.2, 0) is 9.53 Å². The molecule has 1 fully saturated rings. The van der Waals surface area contributed by atoms with Gasteiger partial charge in [0, 0.05) is 30.3 Å². The van der Waals surface area contributed by atoms with Crippen molar-refractivity contribution in [2.45, 2.75) is 39.7 Å². The Morgan fingerprint density at radius 3 is 2.64 bits per heavy atom. The molecule has 1 unspecified atom stereocenters. The standard InChI is InChI=1S/C27H28ClN3O4S/c1-4-34-26(33)23-17(3)29-27-31(24(23)18-5-7-19(28)8-6-18)25(32)21(36-27)15-20-9-10-22(35-20)30-13-11-16(2)12-14-30/h5-10,15-16,24H,4,11-14H2,1-3H3. The molecule has 0 saturated carbocycles. The van der Waals surface area contributed by atoms with Crippen molar-refractivity contribution < 1.29 is 13.9 Å². The molecule has 2 aromatic heterocycles. The molecule has 0 radical (unpaired) electrons. The summed E-state index contributed by atoms with van der Waals surface area (Å²) in [7, 11) is 0. The van der Waals surface area contributed by atoms with Crippen LogP contribution in [0.15, 0.2) is 61.9 Å². The topological polar surface area (TPSA) is 77.0 Å². The molecule has 3 aromatic rings. The van der Waals surface area contributed by atoms with Gasteiger partial charge in [-0.2, -0.15) is 0 Å². The van der Waals surface area contributed by atoms with E-state index < -0.39 is 12.0 Å². The number of hydrogen-bond acceptors (Lipinski definition) is 7. The molecule has 5 rings (SSSR count). The molecular formula is C27H28ClN3O4S. The summed E-state index contributed by atoms with van der Waals surface area (Å²) < 4.78 is 13.5. The zero-order valence-corrected chi connectivity index (χ0v) is 22.1. The fourth-order valence-corrected chi connectivity index (χ4v) is 5.85. The normalized spacial score (nSPS) is 18.8. The summed E-state index contributed by atoms with van der Waals surface area (Å²) in [5, 5.41) is 0.571. The molecule has 0 amide bonds. The van der Waals surface area contributed by atoms with E-state index in [9.17, 15) is 9.59 Å². The number of ether oxygens (including phenoxy) is 1. The highest BCUT2D eigenvalue weighted by molar-refractivity contribution is 7.07. The Bertz CT molecular complexity index is 1490. The lowest BCUT2D eigenvalue weighted by molar-refractivity contribution is -0.139. The van der Waals surface area contributed by atoms with Crippen LogP contribution in [0.2, 0.25) is 5.02 Å². The monoisotopic (exact) mass is 525 g/mol. The molecule has 0 spiro atoms. The first-order chi connectivity index (χ1) is 17.4. The number of carbonyl (C=O) groups excluding carboxylic acids is 1. The van der Waals surface area contributed by atoms with E-state index in [2.05, 4.69) is 16.8 Å². The number of anilines is 1. The number of halogens is 1. The van der Waals surface area contributed by atoms with Gasteiger partial charge in [-0.05, 0) is 56.4 Å². The first-order valence-corrected chi connectivity index (χ1v) is 13.3. The minimum absolute atomic E-state index is 0.226. The fraction of sp³-hybridized carbons (Fsp3) is 0.370. The molecule has 1 atom stereocenters. The zero-order valence-electron chi connectivity index (χ0n) is 20.5. The molecule has 188 valence electrons. The van der Waals surface area contributed by atoms with E-state index in [1.54, 1.807) is 36.6 Å². The largest absolute Gasteiger partial charge is 0.463 e. The number of piperidine rings is 1. The third kappa shape index (κ3) is 4.67. The van der Waals surface area contributed by atoms with Crippen molar-refractivity contribution in [3.63, 3.8) is 0 Å². The number of fused-ring (bicyclic) bond motifs is 1. The average molecular weight is 526 g/mol. The Balaban J connectivity index is 1.58. The average Bonchev–Trinajstić information content (AvgIpc) is 3.44. The van der Waals surface area contributed by atoms with Gasteiger partial charge in [-0.1, -0.05) is 42.0 Å². The smallest absolute Gasteiger partial charge is 0.338 e. The van der Waals surface area contributed by atoms with E-state index in [0.29, 0.717) is 31.4 Å². The third-order valence-electron chi connectivity index (χ3n) is 6.68. The van der Waals surface area contributed by atoms with Crippen molar-refractivity contribution in [2.75, 3.05) is 24.6 Å². The Morgan fingerprint density at radius 2 is 1.94 bits per heavy atom. The van der Waals surface area contributed by atoms with Crippen LogP contribution in [0.4, 0.5) is 5.88 Å². The molecular weight excluding hydrogens is 498 g/mol. The molecule has 2 aliphatic rings. The maximum absolute atomic E-state index is 13.7. The van der Waals surface area contributed by atoms with Crippen molar-refractivity contribution in [1.82, 2.24) is 4.57 Å². The Hall–Kier alpha value is -3.10. The Kier molecular flexibility index (Phi) is 6.90. The lowest BCUT2D eigenvalue weighted by Gasteiger charge is -2.29. The molecule has 4 heterocycles. The highest BCUT2D eigenvalue weighted by Crippen LogP contribution is 2.31. The number of furan rings is 1. The number of thiazole rings is 1. The maximum Gasteiger partial charge on any atom is 0.338 e. The number of benzene rings is 1. The lowest BCUT2D eigenvalue weighted by Crippen LogP contribution is -2.39. The van der Waals surface area contributed by atoms with Crippen molar-refractivity contribution in [3.8, 4) is 0 Å². The van der Waals surface area contributed by atoms with E-state index in [0.717, 1.165) is 43.3 Å². The molecule has 36 heavy (non-hydrogen) atoms. The summed E-state index contributed by atoms with van der Waals surface area (Å²) in [5.74, 6) is 1.67. The highest BCUT2D eigenvalue weighted by Gasteiger charge is 2.33. The number of rotatable bonds is 5. The van der Waals surface area contributed by atoms with E-state index in [1.807, 2.05) is 24.3 Å². The molecule has 1 aromatic carbocycles. The van der Waals surface area contributed by atoms with Crippen LogP contribution in [-0.4, -0.2) is 30.2 Å². The van der Waals surface area contributed by atoms with Gasteiger partial charge in [-0.25, -0.2) is 9.79 Å². The SMILES string of the molecule is CCOC(=O)C1=C(C)N=c2sc(=Cc3ccc(N4CCC(C)CC4)o3)c(=O)n2C1c1ccc(Cl)cc1. The molecule has 9 heteroatoms. The molecule has 2 aliphatic heterocycles. The van der Waals surface area contributed by atoms with Crippen LogP contribution in [0.5, 0.6) is 0 Å². The van der Waals surface area contributed by atoms with Crippen LogP contribution in [0.1, 0.15) is 51.0 Å². The van der Waals surface area contributed by atoms with Gasteiger partial charge < -0.3 is 14.1 Å². The second-order valence-corrected chi connectivity index (χ2v) is 10.6. The molecule has 0 bridgehead atoms. The molecule has 1 saturated heterocycles. The summed E-state index contributed by atoms with van der Waals surface area (Å²) in [4.78, 5) is 34.0. The van der Waals surface area contributed by atoms with Gasteiger partial charge >= 0.3 is 5.97 Å². The number of nitrogens with zero attached hydrogens (tertiary/aromatic N) is 3. The Morgan fingerprint density at radius 1 is 1.22 bits per heavy atom. The van der Waals surface area contributed by atoms with Crippen molar-refractivity contribution in [1.29, 1.82) is 0 Å². The minimum Gasteiger partial charge on any atom is -0.463 e. The zero-order chi connectivity index (χ0) is 25.4. The first-order valence-electron chi connectivity index (χ1n) is 12.2. The van der Waals surface area contributed by atoms with Crippen LogP contribution in [0.3, 0.4) is 0 Å². The number of carbonyl (C=O) groups is 1. The van der Waals surface area contributed by atoms with Crippen molar-refractivity contribution >= 4 is 40.9 Å². The van der Waals surface area contributed by atoms with Crippen LogP contribution < -0.4 is 19.8 Å². The van der Waals surface area contributed by atoms with Gasteiger partial charge in [0.05, 0.1) is 28.5 Å². The predicted octanol–water partition coefficient (Wildman–Crippen LogP) is 4.28. The number of esters is 1. The predicted molar refractivity (Wildman–Crippen MR) is 141 cm³/mol. The third-order valence-corrected chi connectivity index (χ3v) is 7.92. The number of aromatic nitrogens is 1. The van der Waals surface area contributed by atoms with Crippen LogP contribution in [0.25, 0.3) is 6.08 Å². The van der Waals surface area contributed by atoms with E-state index in [1.165, 1.54) is 11.3 Å². The highest BCUT2D eigenvalue weighted by atomic mass is 35.5. The quantitative estimate of drug-likeness (QED) is 0.465. The molecule has 0 N–H and O–H groups in total. The summed E-state index contributed by atoms with van der Waals surface area (Å²) >= 11 is 7.39. The summed E-state index contributed by atoms with van der Waals surface area (Å²) in [6.07, 6.45) is 4.03. The van der Waals surface area contributed by atoms with Crippen molar-refractivity contribution in [2.24, 2.45) is 10.9 Å². The number of allylic oxidation sites excluding steroid dienone is 1. The number of hydrogen-bond donors (Lipinski definition) is 0. The van der Waals surface area contributed by atoms with Crippen LogP contribution in [0, 0.1) is 5.92 Å². The minimum atomic E-state index is -0.665. The van der Waals surface area contributed by atoms with E-state index in [-0.39, 0.29) is 12.2 Å². The van der Waals surface area contributed by atoms with E-state index >= 15 is 0 Å². The van der Waals surface area contributed by atoms with Gasteiger partial charge in [-0.3, -0.25) is 9.36 Å². The molecule has 0 aliphatic carbocycles. The molecule has 7 nitrogen and oxygen atoms in total. The maximum atomic E-state index is 13.7. The summed E-state index contributed by atoms with van der Waals surface area (Å²) in [5.41, 5.74) is 1.39.